The number of hydrogen-bond acceptors (Lipinski definition) is 4. The van der Waals surface area contributed by atoms with Crippen molar-refractivity contribution in [3.8, 4) is 5.75 Å². The van der Waals surface area contributed by atoms with Gasteiger partial charge in [0.15, 0.2) is 5.11 Å². The van der Waals surface area contributed by atoms with Gasteiger partial charge in [-0.15, -0.1) is 0 Å². The lowest BCUT2D eigenvalue weighted by Gasteiger charge is -2.14. The summed E-state index contributed by atoms with van der Waals surface area (Å²) in [6.07, 6.45) is 0.939. The van der Waals surface area contributed by atoms with Crippen LogP contribution in [0.1, 0.15) is 46.5 Å². The number of aryl methyl sites for hydroxylation is 1. The molecular formula is C26H27N3O3S. The molecule has 0 radical (unpaired) electrons. The van der Waals surface area contributed by atoms with E-state index in [0.29, 0.717) is 28.3 Å². The highest BCUT2D eigenvalue weighted by Crippen LogP contribution is 2.17. The molecule has 3 N–H and O–H groups in total. The second-order valence-electron chi connectivity index (χ2n) is 7.62. The molecule has 0 heterocycles. The highest BCUT2D eigenvalue weighted by molar-refractivity contribution is 7.80. The highest BCUT2D eigenvalue weighted by Gasteiger charge is 2.11. The Hall–Kier alpha value is -3.71. The van der Waals surface area contributed by atoms with Crippen LogP contribution in [-0.4, -0.2) is 23.0 Å². The maximum absolute atomic E-state index is 12.5. The minimum atomic E-state index is -0.329. The first-order valence-electron chi connectivity index (χ1n) is 10.7. The number of nitrogens with one attached hydrogen (secondary N) is 3. The van der Waals surface area contributed by atoms with Crippen LogP contribution in [0.3, 0.4) is 0 Å². The summed E-state index contributed by atoms with van der Waals surface area (Å²) in [4.78, 5) is 25.0. The first kappa shape index (κ1) is 23.9. The van der Waals surface area contributed by atoms with E-state index < -0.39 is 0 Å². The summed E-state index contributed by atoms with van der Waals surface area (Å²) in [7, 11) is 0. The Morgan fingerprint density at radius 1 is 0.909 bits per heavy atom. The maximum atomic E-state index is 12.5. The molecule has 3 aromatic rings. The topological polar surface area (TPSA) is 79.5 Å². The van der Waals surface area contributed by atoms with E-state index in [0.717, 1.165) is 12.0 Å². The van der Waals surface area contributed by atoms with Gasteiger partial charge >= 0.3 is 0 Å². The lowest BCUT2D eigenvalue weighted by molar-refractivity contribution is 0.0975. The number of anilines is 2. The molecule has 0 saturated carbocycles. The molecular weight excluding hydrogens is 434 g/mol. The Morgan fingerprint density at radius 3 is 2.24 bits per heavy atom. The standard InChI is InChI=1S/C26H27N3O3S/c1-4-18(3)32-22-10-7-9-19(16-22)24(30)29-26(33)28-21-14-12-20(13-15-21)27-25(31)23-11-6-5-8-17(23)2/h5-16,18H,4H2,1-3H3,(H,27,31)(H2,28,29,30,33). The third-order valence-corrected chi connectivity index (χ3v) is 5.23. The van der Waals surface area contributed by atoms with E-state index in [1.165, 1.54) is 0 Å². The van der Waals surface area contributed by atoms with E-state index in [9.17, 15) is 9.59 Å². The van der Waals surface area contributed by atoms with E-state index in [1.54, 1.807) is 48.5 Å². The lowest BCUT2D eigenvalue weighted by Crippen LogP contribution is -2.34. The van der Waals surface area contributed by atoms with Gasteiger partial charge in [0.25, 0.3) is 11.8 Å². The van der Waals surface area contributed by atoms with Crippen LogP contribution >= 0.6 is 12.2 Å². The molecule has 0 fully saturated rings. The summed E-state index contributed by atoms with van der Waals surface area (Å²) in [5.74, 6) is 0.138. The molecule has 170 valence electrons. The molecule has 7 heteroatoms. The van der Waals surface area contributed by atoms with Gasteiger partial charge in [-0.1, -0.05) is 31.2 Å². The first-order chi connectivity index (χ1) is 15.9. The van der Waals surface area contributed by atoms with Crippen LogP contribution in [0, 0.1) is 6.92 Å². The molecule has 1 unspecified atom stereocenters. The van der Waals surface area contributed by atoms with Gasteiger partial charge in [-0.25, -0.2) is 0 Å². The van der Waals surface area contributed by atoms with Crippen LogP contribution in [0.25, 0.3) is 0 Å². The van der Waals surface area contributed by atoms with Gasteiger partial charge < -0.3 is 15.4 Å². The summed E-state index contributed by atoms with van der Waals surface area (Å²) in [6, 6.07) is 21.5. The van der Waals surface area contributed by atoms with Crippen molar-refractivity contribution in [1.29, 1.82) is 0 Å². The molecule has 3 aromatic carbocycles. The average molecular weight is 462 g/mol. The van der Waals surface area contributed by atoms with Gasteiger partial charge in [-0.2, -0.15) is 0 Å². The Balaban J connectivity index is 1.55. The Kier molecular flexibility index (Phi) is 8.16. The molecule has 3 rings (SSSR count). The van der Waals surface area contributed by atoms with Crippen LogP contribution in [0.4, 0.5) is 11.4 Å². The SMILES string of the molecule is CCC(C)Oc1cccc(C(=O)NC(=S)Nc2ccc(NC(=O)c3ccccc3C)cc2)c1. The van der Waals surface area contributed by atoms with Gasteiger partial charge in [0.1, 0.15) is 5.75 Å². The number of rotatable bonds is 7. The fraction of sp³-hybridized carbons (Fsp3) is 0.192. The number of carbonyl (C=O) groups excluding carboxylic acids is 2. The van der Waals surface area contributed by atoms with Crippen LogP contribution in [0.5, 0.6) is 5.75 Å². The van der Waals surface area contributed by atoms with Crippen molar-refractivity contribution in [2.24, 2.45) is 0 Å². The molecule has 0 aliphatic carbocycles. The average Bonchev–Trinajstić information content (AvgIpc) is 2.80. The quantitative estimate of drug-likeness (QED) is 0.402. The van der Waals surface area contributed by atoms with Crippen LogP contribution in [0.15, 0.2) is 72.8 Å². The van der Waals surface area contributed by atoms with Crippen LogP contribution < -0.4 is 20.7 Å². The van der Waals surface area contributed by atoms with Crippen molar-refractivity contribution in [2.45, 2.75) is 33.3 Å². The molecule has 1 atom stereocenters. The highest BCUT2D eigenvalue weighted by atomic mass is 32.1. The number of hydrogen-bond donors (Lipinski definition) is 3. The monoisotopic (exact) mass is 461 g/mol. The van der Waals surface area contributed by atoms with Gasteiger partial charge in [-0.05, 0) is 86.6 Å². The second kappa shape index (κ2) is 11.2. The number of carbonyl (C=O) groups is 2. The molecule has 0 bridgehead atoms. The second-order valence-corrected chi connectivity index (χ2v) is 8.03. The zero-order valence-corrected chi connectivity index (χ0v) is 19.7. The third kappa shape index (κ3) is 6.89. The number of ether oxygens (including phenoxy) is 1. The minimum Gasteiger partial charge on any atom is -0.491 e. The van der Waals surface area contributed by atoms with Gasteiger partial charge in [0, 0.05) is 22.5 Å². The smallest absolute Gasteiger partial charge is 0.257 e. The summed E-state index contributed by atoms with van der Waals surface area (Å²) in [6.45, 7) is 5.91. The molecule has 0 aliphatic rings. The van der Waals surface area contributed by atoms with E-state index in [2.05, 4.69) is 16.0 Å². The Bertz CT molecular complexity index is 1150. The fourth-order valence-corrected chi connectivity index (χ4v) is 3.24. The molecule has 0 spiro atoms. The van der Waals surface area contributed by atoms with Gasteiger partial charge in [0.05, 0.1) is 6.10 Å². The van der Waals surface area contributed by atoms with Crippen LogP contribution in [0.2, 0.25) is 0 Å². The van der Waals surface area contributed by atoms with E-state index >= 15 is 0 Å². The van der Waals surface area contributed by atoms with Crippen molar-refractivity contribution in [2.75, 3.05) is 10.6 Å². The van der Waals surface area contributed by atoms with Crippen molar-refractivity contribution < 1.29 is 14.3 Å². The molecule has 0 saturated heterocycles. The van der Waals surface area contributed by atoms with E-state index in [1.807, 2.05) is 45.0 Å². The Labute approximate surface area is 199 Å². The van der Waals surface area contributed by atoms with Crippen LogP contribution in [-0.2, 0) is 0 Å². The van der Waals surface area contributed by atoms with Crippen molar-refractivity contribution in [3.05, 3.63) is 89.5 Å². The van der Waals surface area contributed by atoms with Crippen molar-refractivity contribution >= 4 is 40.5 Å². The number of thiocarbonyl (C=S) groups is 1. The minimum absolute atomic E-state index is 0.0653. The lowest BCUT2D eigenvalue weighted by atomic mass is 10.1. The predicted octanol–water partition coefficient (Wildman–Crippen LogP) is 5.55. The van der Waals surface area contributed by atoms with Gasteiger partial charge in [0.2, 0.25) is 0 Å². The molecule has 6 nitrogen and oxygen atoms in total. The van der Waals surface area contributed by atoms with Crippen molar-refractivity contribution in [3.63, 3.8) is 0 Å². The molecule has 0 aliphatic heterocycles. The summed E-state index contributed by atoms with van der Waals surface area (Å²) in [5.41, 5.74) is 3.33. The van der Waals surface area contributed by atoms with Gasteiger partial charge in [-0.3, -0.25) is 14.9 Å². The summed E-state index contributed by atoms with van der Waals surface area (Å²) in [5, 5.41) is 8.69. The number of benzene rings is 3. The maximum Gasteiger partial charge on any atom is 0.257 e. The largest absolute Gasteiger partial charge is 0.491 e. The number of amides is 2. The Morgan fingerprint density at radius 2 is 1.58 bits per heavy atom. The zero-order valence-electron chi connectivity index (χ0n) is 18.8. The van der Waals surface area contributed by atoms with Crippen molar-refractivity contribution in [1.82, 2.24) is 5.32 Å². The molecule has 33 heavy (non-hydrogen) atoms. The molecule has 0 aromatic heterocycles. The fourth-order valence-electron chi connectivity index (χ4n) is 3.03. The summed E-state index contributed by atoms with van der Waals surface area (Å²) >= 11 is 5.27. The normalized spacial score (nSPS) is 11.2. The third-order valence-electron chi connectivity index (χ3n) is 5.03. The van der Waals surface area contributed by atoms with E-state index in [-0.39, 0.29) is 23.0 Å². The predicted molar refractivity (Wildman–Crippen MR) is 136 cm³/mol. The zero-order chi connectivity index (χ0) is 23.8. The van der Waals surface area contributed by atoms with E-state index in [4.69, 9.17) is 17.0 Å². The first-order valence-corrected chi connectivity index (χ1v) is 11.1. The summed E-state index contributed by atoms with van der Waals surface area (Å²) < 4.78 is 5.77. The molecule has 2 amide bonds.